The quantitative estimate of drug-likeness (QED) is 0.777. The van der Waals surface area contributed by atoms with Crippen molar-refractivity contribution in [3.05, 3.63) is 21.4 Å². The van der Waals surface area contributed by atoms with E-state index >= 15 is 0 Å². The van der Waals surface area contributed by atoms with E-state index in [1.807, 2.05) is 6.07 Å². The van der Waals surface area contributed by atoms with Gasteiger partial charge in [0.25, 0.3) is 5.91 Å². The second-order valence-electron chi connectivity index (χ2n) is 3.65. The third-order valence-electron chi connectivity index (χ3n) is 2.44. The van der Waals surface area contributed by atoms with Crippen LogP contribution in [-0.4, -0.2) is 26.2 Å². The van der Waals surface area contributed by atoms with Gasteiger partial charge in [-0.05, 0) is 31.4 Å². The number of rotatable bonds is 6. The second kappa shape index (κ2) is 6.66. The first-order chi connectivity index (χ1) is 7.69. The molecule has 16 heavy (non-hydrogen) atoms. The van der Waals surface area contributed by atoms with Gasteiger partial charge in [0.2, 0.25) is 0 Å². The highest BCUT2D eigenvalue weighted by atomic mass is 32.1. The van der Waals surface area contributed by atoms with E-state index < -0.39 is 0 Å². The summed E-state index contributed by atoms with van der Waals surface area (Å²) in [6.45, 7) is 5.52. The van der Waals surface area contributed by atoms with Crippen molar-refractivity contribution >= 4 is 17.2 Å². The number of methoxy groups -OCH3 is 1. The molecule has 0 fully saturated rings. The van der Waals surface area contributed by atoms with Gasteiger partial charge in [-0.1, -0.05) is 6.92 Å². The van der Waals surface area contributed by atoms with Crippen molar-refractivity contribution in [3.63, 3.8) is 0 Å². The summed E-state index contributed by atoms with van der Waals surface area (Å²) in [6.07, 6.45) is 1.84. The lowest BCUT2D eigenvalue weighted by molar-refractivity contribution is 0.0952. The maximum absolute atomic E-state index is 11.7. The number of carbonyl (C=O) groups excluding carboxylic acids is 1. The van der Waals surface area contributed by atoms with Gasteiger partial charge in [0.05, 0.1) is 4.88 Å². The summed E-state index contributed by atoms with van der Waals surface area (Å²) in [5, 5.41) is 2.89. The molecule has 3 nitrogen and oxygen atoms in total. The summed E-state index contributed by atoms with van der Waals surface area (Å²) in [6, 6.07) is 1.99. The molecule has 0 saturated heterocycles. The van der Waals surface area contributed by atoms with E-state index in [1.165, 1.54) is 10.4 Å². The van der Waals surface area contributed by atoms with Crippen LogP contribution in [0, 0.1) is 6.92 Å². The Bertz CT molecular complexity index is 347. The van der Waals surface area contributed by atoms with Crippen molar-refractivity contribution in [3.8, 4) is 0 Å². The monoisotopic (exact) mass is 241 g/mol. The van der Waals surface area contributed by atoms with E-state index in [9.17, 15) is 4.79 Å². The maximum Gasteiger partial charge on any atom is 0.261 e. The van der Waals surface area contributed by atoms with Crippen LogP contribution in [-0.2, 0) is 11.2 Å². The van der Waals surface area contributed by atoms with Gasteiger partial charge < -0.3 is 10.1 Å². The highest BCUT2D eigenvalue weighted by Crippen LogP contribution is 2.21. The zero-order chi connectivity index (χ0) is 12.0. The topological polar surface area (TPSA) is 38.3 Å². The van der Waals surface area contributed by atoms with Crippen molar-refractivity contribution in [2.75, 3.05) is 20.3 Å². The summed E-state index contributed by atoms with van der Waals surface area (Å²) in [7, 11) is 1.66. The minimum absolute atomic E-state index is 0.0314. The molecule has 0 aliphatic heterocycles. The van der Waals surface area contributed by atoms with E-state index in [2.05, 4.69) is 19.2 Å². The third kappa shape index (κ3) is 3.61. The molecule has 90 valence electrons. The Hall–Kier alpha value is -0.870. The molecule has 0 atom stereocenters. The number of hydrogen-bond acceptors (Lipinski definition) is 3. The maximum atomic E-state index is 11.7. The molecule has 0 aliphatic rings. The molecule has 1 aromatic rings. The average molecular weight is 241 g/mol. The van der Waals surface area contributed by atoms with Gasteiger partial charge in [0, 0.05) is 25.1 Å². The van der Waals surface area contributed by atoms with E-state index in [0.29, 0.717) is 13.2 Å². The van der Waals surface area contributed by atoms with Crippen LogP contribution in [0.5, 0.6) is 0 Å². The van der Waals surface area contributed by atoms with Gasteiger partial charge in [-0.3, -0.25) is 4.79 Å². The second-order valence-corrected chi connectivity index (χ2v) is 4.90. The number of thiophene rings is 1. The SMILES string of the molecule is CCc1cc(C(=O)NCCCOC)sc1C. The Kier molecular flexibility index (Phi) is 5.49. The summed E-state index contributed by atoms with van der Waals surface area (Å²) >= 11 is 1.57. The molecule has 1 rings (SSSR count). The van der Waals surface area contributed by atoms with Gasteiger partial charge in [0.1, 0.15) is 0 Å². The molecule has 0 spiro atoms. The van der Waals surface area contributed by atoms with E-state index in [0.717, 1.165) is 17.7 Å². The largest absolute Gasteiger partial charge is 0.385 e. The number of hydrogen-bond donors (Lipinski definition) is 1. The van der Waals surface area contributed by atoms with Crippen molar-refractivity contribution in [1.29, 1.82) is 0 Å². The summed E-state index contributed by atoms with van der Waals surface area (Å²) in [5.41, 5.74) is 1.27. The number of ether oxygens (including phenoxy) is 1. The van der Waals surface area contributed by atoms with Crippen molar-refractivity contribution in [2.24, 2.45) is 0 Å². The van der Waals surface area contributed by atoms with E-state index in [1.54, 1.807) is 18.4 Å². The standard InChI is InChI=1S/C12H19NO2S/c1-4-10-8-11(16-9(10)2)12(14)13-6-5-7-15-3/h8H,4-7H2,1-3H3,(H,13,14). The summed E-state index contributed by atoms with van der Waals surface area (Å²) < 4.78 is 4.92. The number of carbonyl (C=O) groups is 1. The predicted octanol–water partition coefficient (Wildman–Crippen LogP) is 2.39. The average Bonchev–Trinajstić information content (AvgIpc) is 2.66. The molecule has 0 saturated carbocycles. The summed E-state index contributed by atoms with van der Waals surface area (Å²) in [4.78, 5) is 13.8. The molecule has 1 aromatic heterocycles. The molecule has 1 N–H and O–H groups in total. The van der Waals surface area contributed by atoms with Crippen LogP contribution in [0.2, 0.25) is 0 Å². The zero-order valence-corrected chi connectivity index (χ0v) is 10.9. The fourth-order valence-corrected chi connectivity index (χ4v) is 2.52. The third-order valence-corrected chi connectivity index (χ3v) is 3.53. The van der Waals surface area contributed by atoms with Crippen LogP contribution in [0.4, 0.5) is 0 Å². The van der Waals surface area contributed by atoms with Crippen molar-refractivity contribution in [2.45, 2.75) is 26.7 Å². The number of nitrogens with one attached hydrogen (secondary N) is 1. The Morgan fingerprint density at radius 3 is 2.88 bits per heavy atom. The molecule has 0 aromatic carbocycles. The van der Waals surface area contributed by atoms with Gasteiger partial charge in [0.15, 0.2) is 0 Å². The Morgan fingerprint density at radius 2 is 2.31 bits per heavy atom. The fourth-order valence-electron chi connectivity index (χ4n) is 1.49. The van der Waals surface area contributed by atoms with E-state index in [4.69, 9.17) is 4.74 Å². The van der Waals surface area contributed by atoms with Gasteiger partial charge in [-0.2, -0.15) is 0 Å². The van der Waals surface area contributed by atoms with Crippen LogP contribution in [0.3, 0.4) is 0 Å². The molecule has 0 aliphatic carbocycles. The lowest BCUT2D eigenvalue weighted by Gasteiger charge is -2.02. The van der Waals surface area contributed by atoms with Crippen molar-refractivity contribution < 1.29 is 9.53 Å². The predicted molar refractivity (Wildman–Crippen MR) is 67.3 cm³/mol. The molecular weight excluding hydrogens is 222 g/mol. The number of aryl methyl sites for hydroxylation is 2. The van der Waals surface area contributed by atoms with Crippen LogP contribution in [0.25, 0.3) is 0 Å². The minimum Gasteiger partial charge on any atom is -0.385 e. The van der Waals surface area contributed by atoms with Crippen LogP contribution >= 0.6 is 11.3 Å². The lowest BCUT2D eigenvalue weighted by atomic mass is 10.2. The van der Waals surface area contributed by atoms with Crippen LogP contribution < -0.4 is 5.32 Å². The first-order valence-corrected chi connectivity index (χ1v) is 6.37. The fraction of sp³-hybridized carbons (Fsp3) is 0.583. The molecule has 0 radical (unpaired) electrons. The Morgan fingerprint density at radius 1 is 1.56 bits per heavy atom. The van der Waals surface area contributed by atoms with Gasteiger partial charge >= 0.3 is 0 Å². The van der Waals surface area contributed by atoms with Crippen molar-refractivity contribution in [1.82, 2.24) is 5.32 Å². The zero-order valence-electron chi connectivity index (χ0n) is 10.1. The minimum atomic E-state index is 0.0314. The Labute approximate surface area is 101 Å². The lowest BCUT2D eigenvalue weighted by Crippen LogP contribution is -2.24. The van der Waals surface area contributed by atoms with E-state index in [-0.39, 0.29) is 5.91 Å². The Balaban J connectivity index is 2.46. The molecule has 0 unspecified atom stereocenters. The molecule has 1 heterocycles. The first kappa shape index (κ1) is 13.2. The van der Waals surface area contributed by atoms with Gasteiger partial charge in [-0.25, -0.2) is 0 Å². The van der Waals surface area contributed by atoms with Crippen LogP contribution in [0.1, 0.15) is 33.5 Å². The van der Waals surface area contributed by atoms with Crippen LogP contribution in [0.15, 0.2) is 6.07 Å². The molecule has 4 heteroatoms. The van der Waals surface area contributed by atoms with Gasteiger partial charge in [-0.15, -0.1) is 11.3 Å². The molecule has 0 bridgehead atoms. The highest BCUT2D eigenvalue weighted by molar-refractivity contribution is 7.14. The molecular formula is C12H19NO2S. The normalized spacial score (nSPS) is 10.4. The number of amides is 1. The summed E-state index contributed by atoms with van der Waals surface area (Å²) in [5.74, 6) is 0.0314. The first-order valence-electron chi connectivity index (χ1n) is 5.55. The molecule has 1 amide bonds. The highest BCUT2D eigenvalue weighted by Gasteiger charge is 2.10. The smallest absolute Gasteiger partial charge is 0.261 e.